The van der Waals surface area contributed by atoms with Gasteiger partial charge in [0.15, 0.2) is 0 Å². The first-order valence-electron chi connectivity index (χ1n) is 5.99. The number of ether oxygens (including phenoxy) is 1. The molecule has 2 rings (SSSR count). The summed E-state index contributed by atoms with van der Waals surface area (Å²) in [5.74, 6) is 1.33. The fourth-order valence-electron chi connectivity index (χ4n) is 1.73. The molecule has 0 aliphatic rings. The van der Waals surface area contributed by atoms with E-state index in [2.05, 4.69) is 0 Å². The molecule has 0 aliphatic heterocycles. The Morgan fingerprint density at radius 3 is 2.53 bits per heavy atom. The van der Waals surface area contributed by atoms with E-state index in [0.29, 0.717) is 5.56 Å². The van der Waals surface area contributed by atoms with Crippen LogP contribution < -0.4 is 0 Å². The Bertz CT molecular complexity index is 580. The van der Waals surface area contributed by atoms with E-state index in [4.69, 9.17) is 12.5 Å². The van der Waals surface area contributed by atoms with E-state index >= 15 is 0 Å². The van der Waals surface area contributed by atoms with Crippen LogP contribution in [-0.2, 0) is 11.3 Å². The Morgan fingerprint density at radius 1 is 1.11 bits per heavy atom. The second-order valence-corrected chi connectivity index (χ2v) is 4.01. The molecule has 0 bridgehead atoms. The van der Waals surface area contributed by atoms with Crippen molar-refractivity contribution in [1.29, 1.82) is 0 Å². The van der Waals surface area contributed by atoms with E-state index in [0.717, 1.165) is 11.1 Å². The van der Waals surface area contributed by atoms with E-state index in [1.54, 1.807) is 18.1 Å². The van der Waals surface area contributed by atoms with Crippen LogP contribution in [0.15, 0.2) is 54.6 Å². The molecule has 2 radical (unpaired) electrons. The molecule has 19 heavy (non-hydrogen) atoms. The number of esters is 1. The third-order valence-electron chi connectivity index (χ3n) is 2.67. The molecule has 2 nitrogen and oxygen atoms in total. The molecule has 0 unspecified atom stereocenters. The van der Waals surface area contributed by atoms with Crippen molar-refractivity contribution < 1.29 is 9.53 Å². The monoisotopic (exact) mass is 246 g/mol. The van der Waals surface area contributed by atoms with Gasteiger partial charge in [0, 0.05) is 0 Å². The van der Waals surface area contributed by atoms with E-state index in [1.165, 1.54) is 6.81 Å². The maximum atomic E-state index is 12.0. The van der Waals surface area contributed by atoms with Gasteiger partial charge in [-0.1, -0.05) is 0 Å². The molecular weight excluding hydrogens is 234 g/mol. The van der Waals surface area contributed by atoms with E-state index < -0.39 is 0 Å². The summed E-state index contributed by atoms with van der Waals surface area (Å²) in [5.41, 5.74) is 2.23. The van der Waals surface area contributed by atoms with Crippen molar-refractivity contribution in [3.8, 4) is 0 Å². The average Bonchev–Trinajstić information content (AvgIpc) is 2.47. The molecule has 0 saturated carbocycles. The molecular formula is C15H12B2O2. The van der Waals surface area contributed by atoms with Crippen molar-refractivity contribution in [3.05, 3.63) is 71.3 Å². The predicted molar refractivity (Wildman–Crippen MR) is 78.7 cm³/mol. The number of carbonyl (C=O) groups is 1. The van der Waals surface area contributed by atoms with E-state index in [-0.39, 0.29) is 12.6 Å². The van der Waals surface area contributed by atoms with Crippen LogP contribution in [0.1, 0.15) is 21.5 Å². The molecule has 2 aromatic rings. The second kappa shape index (κ2) is 6.74. The Kier molecular flexibility index (Phi) is 4.73. The van der Waals surface area contributed by atoms with E-state index in [9.17, 15) is 4.79 Å². The molecule has 0 atom stereocenters. The van der Waals surface area contributed by atoms with Crippen molar-refractivity contribution >= 4 is 26.5 Å². The summed E-state index contributed by atoms with van der Waals surface area (Å²) in [5, 5.41) is 0. The van der Waals surface area contributed by atoms with Gasteiger partial charge in [0.25, 0.3) is 0 Å². The number of hydrogen-bond acceptors (Lipinski definition) is 2. The molecule has 90 valence electrons. The van der Waals surface area contributed by atoms with Crippen molar-refractivity contribution in [3.63, 3.8) is 0 Å². The summed E-state index contributed by atoms with van der Waals surface area (Å²) >= 11 is 0. The van der Waals surface area contributed by atoms with E-state index in [1.807, 2.05) is 42.5 Å². The fraction of sp³-hybridized carbons (Fsp3) is 0.0667. The standard InChI is InChI=1S/C15H12B2O2/c16-17-10-13-8-4-5-9-14(13)15(18)19-11-12-6-2-1-3-7-12/h1-10H,11H2. The third kappa shape index (κ3) is 3.68. The molecule has 0 aliphatic carbocycles. The van der Waals surface area contributed by atoms with Crippen LogP contribution in [0.25, 0.3) is 0 Å². The summed E-state index contributed by atoms with van der Waals surface area (Å²) in [6.07, 6.45) is 0. The molecule has 0 aromatic heterocycles. The molecule has 0 saturated heterocycles. The van der Waals surface area contributed by atoms with Crippen molar-refractivity contribution in [2.45, 2.75) is 6.61 Å². The van der Waals surface area contributed by atoms with Crippen LogP contribution in [-0.4, -0.2) is 26.5 Å². The Labute approximate surface area is 114 Å². The Balaban J connectivity index is 2.08. The molecule has 0 spiro atoms. The third-order valence-corrected chi connectivity index (χ3v) is 2.67. The van der Waals surface area contributed by atoms with Gasteiger partial charge in [0.1, 0.15) is 0 Å². The number of hydrogen-bond donors (Lipinski definition) is 0. The van der Waals surface area contributed by atoms with Crippen LogP contribution in [0.5, 0.6) is 0 Å². The second-order valence-electron chi connectivity index (χ2n) is 4.01. The summed E-state index contributed by atoms with van der Waals surface area (Å²) in [6.45, 7) is 1.67. The number of carbonyl (C=O) groups excluding carboxylic acids is 1. The van der Waals surface area contributed by atoms with Crippen LogP contribution >= 0.6 is 0 Å². The van der Waals surface area contributed by atoms with Crippen LogP contribution in [0.2, 0.25) is 0 Å². The van der Waals surface area contributed by atoms with Gasteiger partial charge < -0.3 is 0 Å². The molecule has 0 heterocycles. The first kappa shape index (κ1) is 13.3. The zero-order valence-electron chi connectivity index (χ0n) is 10.5. The maximum absolute atomic E-state index is 12.0. The average molecular weight is 246 g/mol. The first-order valence-corrected chi connectivity index (χ1v) is 5.99. The Morgan fingerprint density at radius 2 is 1.79 bits per heavy atom. The topological polar surface area (TPSA) is 26.3 Å². The minimum absolute atomic E-state index is 0.264. The van der Waals surface area contributed by atoms with Gasteiger partial charge in [0.05, 0.1) is 0 Å². The van der Waals surface area contributed by atoms with Gasteiger partial charge in [-0.15, -0.1) is 0 Å². The van der Waals surface area contributed by atoms with Crippen LogP contribution in [0, 0.1) is 0 Å². The van der Waals surface area contributed by atoms with Crippen LogP contribution in [0.3, 0.4) is 0 Å². The van der Waals surface area contributed by atoms with Gasteiger partial charge in [0.2, 0.25) is 0 Å². The quantitative estimate of drug-likeness (QED) is 0.608. The molecule has 2 aromatic carbocycles. The van der Waals surface area contributed by atoms with Gasteiger partial charge in [-0.3, -0.25) is 0 Å². The van der Waals surface area contributed by atoms with Crippen LogP contribution in [0.4, 0.5) is 0 Å². The van der Waals surface area contributed by atoms with Gasteiger partial charge in [-0.2, -0.15) is 0 Å². The molecule has 4 heteroatoms. The summed E-state index contributed by atoms with van der Waals surface area (Å²) < 4.78 is 5.29. The Hall–Kier alpha value is -2.09. The molecule has 0 fully saturated rings. The fourth-order valence-corrected chi connectivity index (χ4v) is 1.73. The molecule has 0 amide bonds. The van der Waals surface area contributed by atoms with Crippen molar-refractivity contribution in [2.75, 3.05) is 0 Å². The minimum atomic E-state index is -0.349. The van der Waals surface area contributed by atoms with Gasteiger partial charge >= 0.3 is 114 Å². The predicted octanol–water partition coefficient (Wildman–Crippen LogP) is 1.98. The SMILES string of the molecule is [B]B=Cc1ccccc1C(=O)OCc1ccccc1. The number of benzene rings is 2. The van der Waals surface area contributed by atoms with Crippen molar-refractivity contribution in [1.82, 2.24) is 0 Å². The normalized spacial score (nSPS) is 10.1. The summed E-state index contributed by atoms with van der Waals surface area (Å²) in [6, 6.07) is 16.8. The van der Waals surface area contributed by atoms with Gasteiger partial charge in [-0.25, -0.2) is 0 Å². The number of rotatable bonds is 4. The zero-order valence-corrected chi connectivity index (χ0v) is 10.5. The van der Waals surface area contributed by atoms with Gasteiger partial charge in [-0.05, 0) is 0 Å². The summed E-state index contributed by atoms with van der Waals surface area (Å²) in [4.78, 5) is 12.0. The first-order chi connectivity index (χ1) is 9.31. The zero-order chi connectivity index (χ0) is 13.5. The summed E-state index contributed by atoms with van der Waals surface area (Å²) in [7, 11) is 5.36. The van der Waals surface area contributed by atoms with Crippen molar-refractivity contribution in [2.24, 2.45) is 0 Å². The molecule has 0 N–H and O–H groups in total.